The second-order valence-corrected chi connectivity index (χ2v) is 12.5. The SMILES string of the molecule is C[C@@H](NS(=O)(=O)C1CCOC1)c1cn(CC(C)(C)C)c2cc(-c3ccccc3C(F)(F)F)c(F)cc12. The molecule has 1 aliphatic heterocycles. The minimum absolute atomic E-state index is 0.116. The van der Waals surface area contributed by atoms with E-state index in [1.54, 1.807) is 13.1 Å². The smallest absolute Gasteiger partial charge is 0.380 e. The molecular formula is C26H30F4N2O3S. The second kappa shape index (κ2) is 9.46. The van der Waals surface area contributed by atoms with Crippen molar-refractivity contribution in [3.63, 3.8) is 0 Å². The van der Waals surface area contributed by atoms with E-state index in [2.05, 4.69) is 4.72 Å². The molecule has 0 radical (unpaired) electrons. The Morgan fingerprint density at radius 2 is 1.83 bits per heavy atom. The van der Waals surface area contributed by atoms with Crippen LogP contribution < -0.4 is 4.72 Å². The molecule has 196 valence electrons. The zero-order valence-electron chi connectivity index (χ0n) is 20.6. The molecule has 3 aromatic rings. The molecule has 1 N–H and O–H groups in total. The summed E-state index contributed by atoms with van der Waals surface area (Å²) in [6, 6.07) is 6.84. The van der Waals surface area contributed by atoms with Crippen molar-refractivity contribution in [1.29, 1.82) is 0 Å². The molecule has 0 amide bonds. The number of fused-ring (bicyclic) bond motifs is 1. The Balaban J connectivity index is 1.85. The number of aromatic nitrogens is 1. The summed E-state index contributed by atoms with van der Waals surface area (Å²) in [6.45, 7) is 8.68. The number of alkyl halides is 3. The van der Waals surface area contributed by atoms with Crippen LogP contribution >= 0.6 is 0 Å². The van der Waals surface area contributed by atoms with Crippen molar-refractivity contribution in [1.82, 2.24) is 9.29 Å². The van der Waals surface area contributed by atoms with Crippen molar-refractivity contribution in [2.75, 3.05) is 13.2 Å². The van der Waals surface area contributed by atoms with Crippen LogP contribution in [0.25, 0.3) is 22.0 Å². The number of hydrogen-bond donors (Lipinski definition) is 1. The average Bonchev–Trinajstić information content (AvgIpc) is 3.41. The third kappa shape index (κ3) is 5.45. The predicted octanol–water partition coefficient (Wildman–Crippen LogP) is 6.28. The molecular weight excluding hydrogens is 496 g/mol. The van der Waals surface area contributed by atoms with E-state index in [1.807, 2.05) is 25.3 Å². The number of nitrogens with zero attached hydrogens (tertiary/aromatic N) is 1. The molecule has 5 nitrogen and oxygen atoms in total. The van der Waals surface area contributed by atoms with E-state index in [0.717, 1.165) is 6.07 Å². The Kier molecular flexibility index (Phi) is 7.00. The molecule has 1 aromatic heterocycles. The second-order valence-electron chi connectivity index (χ2n) is 10.5. The van der Waals surface area contributed by atoms with E-state index < -0.39 is 38.9 Å². The first-order valence-corrected chi connectivity index (χ1v) is 13.3. The zero-order valence-corrected chi connectivity index (χ0v) is 21.4. The van der Waals surface area contributed by atoms with Gasteiger partial charge in [-0.15, -0.1) is 0 Å². The first-order chi connectivity index (χ1) is 16.7. The van der Waals surface area contributed by atoms with Gasteiger partial charge in [0.15, 0.2) is 0 Å². The summed E-state index contributed by atoms with van der Waals surface area (Å²) in [4.78, 5) is 0. The van der Waals surface area contributed by atoms with Gasteiger partial charge in [-0.2, -0.15) is 13.2 Å². The molecule has 1 unspecified atom stereocenters. The van der Waals surface area contributed by atoms with Gasteiger partial charge in [-0.3, -0.25) is 0 Å². The van der Waals surface area contributed by atoms with E-state index >= 15 is 4.39 Å². The molecule has 1 fully saturated rings. The number of benzene rings is 2. The van der Waals surface area contributed by atoms with Gasteiger partial charge in [-0.05, 0) is 48.1 Å². The summed E-state index contributed by atoms with van der Waals surface area (Å²) in [5.41, 5.74) is -0.450. The minimum atomic E-state index is -4.65. The summed E-state index contributed by atoms with van der Waals surface area (Å²) >= 11 is 0. The van der Waals surface area contributed by atoms with Gasteiger partial charge in [-0.1, -0.05) is 39.0 Å². The van der Waals surface area contributed by atoms with Gasteiger partial charge in [0.2, 0.25) is 10.0 Å². The Morgan fingerprint density at radius 3 is 2.44 bits per heavy atom. The van der Waals surface area contributed by atoms with Crippen LogP contribution in [-0.4, -0.2) is 31.4 Å². The fraction of sp³-hybridized carbons (Fsp3) is 0.462. The van der Waals surface area contributed by atoms with Crippen LogP contribution in [-0.2, 0) is 27.5 Å². The standard InChI is InChI=1S/C26H30F4N2O3S/c1-16(31-36(33,34)17-9-10-35-14-17)21-13-32(15-25(2,3)4)24-12-19(23(27)11-20(21)24)18-7-5-6-8-22(18)26(28,29)30/h5-8,11-13,16-17,31H,9-10,14-15H2,1-4H3/t16-,17?/m1/s1. The summed E-state index contributed by atoms with van der Waals surface area (Å²) < 4.78 is 91.9. The van der Waals surface area contributed by atoms with E-state index in [4.69, 9.17) is 4.74 Å². The van der Waals surface area contributed by atoms with Crippen molar-refractivity contribution in [3.05, 3.63) is 59.5 Å². The van der Waals surface area contributed by atoms with Crippen LogP contribution in [0.1, 0.15) is 51.3 Å². The normalized spacial score (nSPS) is 18.2. The van der Waals surface area contributed by atoms with E-state index in [-0.39, 0.29) is 23.1 Å². The fourth-order valence-electron chi connectivity index (χ4n) is 4.66. The monoisotopic (exact) mass is 526 g/mol. The minimum Gasteiger partial charge on any atom is -0.380 e. The average molecular weight is 527 g/mol. The van der Waals surface area contributed by atoms with Crippen molar-refractivity contribution in [3.8, 4) is 11.1 Å². The van der Waals surface area contributed by atoms with Gasteiger partial charge in [0.1, 0.15) is 11.1 Å². The summed E-state index contributed by atoms with van der Waals surface area (Å²) in [5, 5.41) is -0.215. The van der Waals surface area contributed by atoms with E-state index in [0.29, 0.717) is 36.0 Å². The lowest BCUT2D eigenvalue weighted by atomic mass is 9.96. The highest BCUT2D eigenvalue weighted by Gasteiger charge is 2.35. The van der Waals surface area contributed by atoms with Crippen molar-refractivity contribution >= 4 is 20.9 Å². The molecule has 0 saturated carbocycles. The highest BCUT2D eigenvalue weighted by atomic mass is 32.2. The van der Waals surface area contributed by atoms with Crippen LogP contribution in [0.15, 0.2) is 42.6 Å². The molecule has 0 aliphatic carbocycles. The predicted molar refractivity (Wildman–Crippen MR) is 131 cm³/mol. The Morgan fingerprint density at radius 1 is 1.14 bits per heavy atom. The summed E-state index contributed by atoms with van der Waals surface area (Å²) in [6.07, 6.45) is -2.50. The largest absolute Gasteiger partial charge is 0.417 e. The van der Waals surface area contributed by atoms with Gasteiger partial charge in [0.25, 0.3) is 0 Å². The highest BCUT2D eigenvalue weighted by molar-refractivity contribution is 7.90. The number of hydrogen-bond acceptors (Lipinski definition) is 3. The van der Waals surface area contributed by atoms with Crippen LogP contribution in [0.4, 0.5) is 17.6 Å². The molecule has 1 aliphatic rings. The van der Waals surface area contributed by atoms with E-state index in [9.17, 15) is 21.6 Å². The highest BCUT2D eigenvalue weighted by Crippen LogP contribution is 2.40. The van der Waals surface area contributed by atoms with Gasteiger partial charge in [0.05, 0.1) is 12.2 Å². The summed E-state index contributed by atoms with van der Waals surface area (Å²) in [5.74, 6) is -0.812. The molecule has 1 saturated heterocycles. The number of halogens is 4. The molecule has 0 bridgehead atoms. The Bertz CT molecular complexity index is 1370. The number of sulfonamides is 1. The summed E-state index contributed by atoms with van der Waals surface area (Å²) in [7, 11) is -3.69. The first kappa shape index (κ1) is 26.6. The molecule has 10 heteroatoms. The van der Waals surface area contributed by atoms with Gasteiger partial charge >= 0.3 is 6.18 Å². The lowest BCUT2D eigenvalue weighted by molar-refractivity contribution is -0.137. The zero-order chi connectivity index (χ0) is 26.5. The van der Waals surface area contributed by atoms with Crippen LogP contribution in [0.2, 0.25) is 0 Å². The molecule has 4 rings (SSSR count). The first-order valence-electron chi connectivity index (χ1n) is 11.7. The quantitative estimate of drug-likeness (QED) is 0.385. The van der Waals surface area contributed by atoms with Crippen molar-refractivity contribution < 1.29 is 30.7 Å². The molecule has 2 aromatic carbocycles. The lowest BCUT2D eigenvalue weighted by Gasteiger charge is -2.20. The number of ether oxygens (including phenoxy) is 1. The van der Waals surface area contributed by atoms with Crippen LogP contribution in [0.5, 0.6) is 0 Å². The van der Waals surface area contributed by atoms with E-state index in [1.165, 1.54) is 30.3 Å². The fourth-order valence-corrected chi connectivity index (χ4v) is 6.15. The maximum absolute atomic E-state index is 15.4. The lowest BCUT2D eigenvalue weighted by Crippen LogP contribution is -2.36. The molecule has 36 heavy (non-hydrogen) atoms. The molecule has 0 spiro atoms. The third-order valence-electron chi connectivity index (χ3n) is 6.30. The van der Waals surface area contributed by atoms with Crippen molar-refractivity contribution in [2.45, 2.75) is 58.1 Å². The number of rotatable bonds is 6. The maximum atomic E-state index is 15.4. The maximum Gasteiger partial charge on any atom is 0.417 e. The molecule has 2 heterocycles. The Labute approximate surface area is 208 Å². The van der Waals surface area contributed by atoms with Gasteiger partial charge in [0, 0.05) is 41.9 Å². The van der Waals surface area contributed by atoms with Crippen LogP contribution in [0, 0.1) is 11.2 Å². The number of nitrogens with one attached hydrogen (secondary N) is 1. The third-order valence-corrected chi connectivity index (χ3v) is 8.23. The van der Waals surface area contributed by atoms with Crippen LogP contribution in [0.3, 0.4) is 0 Å². The topological polar surface area (TPSA) is 60.3 Å². The Hall–Kier alpha value is -2.43. The molecule has 2 atom stereocenters. The van der Waals surface area contributed by atoms with Gasteiger partial charge in [-0.25, -0.2) is 17.5 Å². The van der Waals surface area contributed by atoms with Gasteiger partial charge < -0.3 is 9.30 Å². The van der Waals surface area contributed by atoms with Crippen molar-refractivity contribution in [2.24, 2.45) is 5.41 Å².